The number of nitrogens with zero attached hydrogens (tertiary/aromatic N) is 1. The van der Waals surface area contributed by atoms with Crippen molar-refractivity contribution in [3.05, 3.63) is 60.0 Å². The molecule has 1 atom stereocenters. The first-order valence-corrected chi connectivity index (χ1v) is 11.6. The lowest BCUT2D eigenvalue weighted by atomic mass is 9.72. The molecule has 0 saturated heterocycles. The van der Waals surface area contributed by atoms with Crippen LogP contribution in [0, 0.1) is 11.3 Å². The number of hydrogen-bond acceptors (Lipinski definition) is 5. The maximum atomic E-state index is 13.0. The number of aromatic amines is 1. The molecule has 0 amide bonds. The van der Waals surface area contributed by atoms with E-state index in [1.807, 2.05) is 12.1 Å². The molecule has 0 unspecified atom stereocenters. The molecule has 5 nitrogen and oxygen atoms in total. The lowest BCUT2D eigenvalue weighted by Crippen LogP contribution is -2.26. The average Bonchev–Trinajstić information content (AvgIpc) is 3.05. The smallest absolute Gasteiger partial charge is 0.347 e. The molecule has 1 aromatic carbocycles. The molecular weight excluding hydrogens is 464 g/mol. The van der Waals surface area contributed by atoms with E-state index in [1.54, 1.807) is 23.5 Å². The van der Waals surface area contributed by atoms with E-state index < -0.39 is 5.63 Å². The Labute approximate surface area is 185 Å². The second kappa shape index (κ2) is 6.89. The van der Waals surface area contributed by atoms with Crippen LogP contribution in [-0.4, -0.2) is 9.97 Å². The summed E-state index contributed by atoms with van der Waals surface area (Å²) in [6.07, 6.45) is 2.95. The number of halogens is 1. The molecule has 1 N–H and O–H groups in total. The number of hydrogen-bond donors (Lipinski definition) is 1. The summed E-state index contributed by atoms with van der Waals surface area (Å²) in [5, 5.41) is 1.44. The predicted molar refractivity (Wildman–Crippen MR) is 124 cm³/mol. The topological polar surface area (TPSA) is 76.0 Å². The minimum atomic E-state index is -0.513. The standard InChI is InChI=1S/C23H21BrN2O3S/c1-23(2,3)12-4-6-14-17(10-12)30-21-18(14)20(27)25-19(26-21)15-9-11-8-13(24)5-7-16(11)29-22(15)28/h5,7-9,12H,4,6,10H2,1-3H3,(H,25,26,27)/t12-/m0/s1. The number of aromatic nitrogens is 2. The van der Waals surface area contributed by atoms with Crippen LogP contribution >= 0.6 is 27.3 Å². The predicted octanol–water partition coefficient (Wildman–Crippen LogP) is 5.67. The third-order valence-electron chi connectivity index (χ3n) is 6.09. The van der Waals surface area contributed by atoms with Crippen LogP contribution in [0.25, 0.3) is 32.6 Å². The first-order chi connectivity index (χ1) is 14.2. The fraction of sp³-hybridized carbons (Fsp3) is 0.348. The molecule has 3 aromatic heterocycles. The van der Waals surface area contributed by atoms with Crippen LogP contribution in [0.2, 0.25) is 0 Å². The maximum Gasteiger partial charge on any atom is 0.347 e. The van der Waals surface area contributed by atoms with Gasteiger partial charge in [0.1, 0.15) is 21.8 Å². The number of H-pyrrole nitrogens is 1. The Morgan fingerprint density at radius 1 is 1.23 bits per heavy atom. The quantitative estimate of drug-likeness (QED) is 0.353. The van der Waals surface area contributed by atoms with Gasteiger partial charge in [-0.05, 0) is 60.4 Å². The number of aryl methyl sites for hydroxylation is 1. The van der Waals surface area contributed by atoms with Crippen LogP contribution in [0.15, 0.2) is 42.7 Å². The molecule has 7 heteroatoms. The van der Waals surface area contributed by atoms with Gasteiger partial charge in [-0.3, -0.25) is 4.79 Å². The number of rotatable bonds is 1. The zero-order valence-electron chi connectivity index (χ0n) is 17.0. The lowest BCUT2D eigenvalue weighted by Gasteiger charge is -2.33. The molecule has 5 rings (SSSR count). The molecule has 0 radical (unpaired) electrons. The van der Waals surface area contributed by atoms with Crippen LogP contribution in [0.5, 0.6) is 0 Å². The first kappa shape index (κ1) is 19.7. The van der Waals surface area contributed by atoms with Gasteiger partial charge < -0.3 is 9.40 Å². The van der Waals surface area contributed by atoms with Gasteiger partial charge in [0, 0.05) is 14.7 Å². The van der Waals surface area contributed by atoms with Gasteiger partial charge in [0.2, 0.25) is 0 Å². The van der Waals surface area contributed by atoms with Gasteiger partial charge in [0.25, 0.3) is 5.56 Å². The van der Waals surface area contributed by atoms with Crippen molar-refractivity contribution in [3.8, 4) is 11.4 Å². The normalized spacial score (nSPS) is 16.9. The van der Waals surface area contributed by atoms with Crippen LogP contribution in [0.4, 0.5) is 0 Å². The Kier molecular flexibility index (Phi) is 4.52. The van der Waals surface area contributed by atoms with Crippen molar-refractivity contribution in [2.75, 3.05) is 0 Å². The molecule has 1 aliphatic carbocycles. The fourth-order valence-corrected chi connectivity index (χ4v) is 5.99. The summed E-state index contributed by atoms with van der Waals surface area (Å²) in [6.45, 7) is 6.82. The molecule has 0 fully saturated rings. The summed E-state index contributed by atoms with van der Waals surface area (Å²) in [5.74, 6) is 0.844. The Bertz CT molecular complexity index is 1420. The van der Waals surface area contributed by atoms with Gasteiger partial charge in [0.05, 0.1) is 5.39 Å². The summed E-state index contributed by atoms with van der Waals surface area (Å²) < 4.78 is 6.33. The van der Waals surface area contributed by atoms with Gasteiger partial charge in [-0.25, -0.2) is 9.78 Å². The van der Waals surface area contributed by atoms with Crippen molar-refractivity contribution in [1.82, 2.24) is 9.97 Å². The van der Waals surface area contributed by atoms with E-state index in [0.29, 0.717) is 21.7 Å². The number of benzene rings is 1. The Balaban J connectivity index is 1.66. The Morgan fingerprint density at radius 3 is 2.80 bits per heavy atom. The number of fused-ring (bicyclic) bond motifs is 4. The zero-order chi connectivity index (χ0) is 21.2. The molecule has 3 heterocycles. The van der Waals surface area contributed by atoms with Gasteiger partial charge in [-0.2, -0.15) is 0 Å². The second-order valence-corrected chi connectivity index (χ2v) is 11.0. The number of thiophene rings is 1. The van der Waals surface area contributed by atoms with Crippen molar-refractivity contribution in [3.63, 3.8) is 0 Å². The molecule has 1 aliphatic rings. The summed E-state index contributed by atoms with van der Waals surface area (Å²) in [6, 6.07) is 7.15. The molecule has 4 aromatic rings. The third-order valence-corrected chi connectivity index (χ3v) is 7.73. The van der Waals surface area contributed by atoms with E-state index in [9.17, 15) is 9.59 Å². The fourth-order valence-electron chi connectivity index (χ4n) is 4.31. The van der Waals surface area contributed by atoms with Crippen molar-refractivity contribution in [2.24, 2.45) is 11.3 Å². The first-order valence-electron chi connectivity index (χ1n) is 9.99. The SMILES string of the molecule is CC(C)(C)[C@H]1CCc2c(sc3nc(-c4cc5cc(Br)ccc5oc4=O)[nH]c(=O)c23)C1. The maximum absolute atomic E-state index is 13.0. The van der Waals surface area contributed by atoms with Gasteiger partial charge >= 0.3 is 5.63 Å². The van der Waals surface area contributed by atoms with Crippen LogP contribution < -0.4 is 11.2 Å². The highest BCUT2D eigenvalue weighted by molar-refractivity contribution is 9.10. The third kappa shape index (κ3) is 3.24. The van der Waals surface area contributed by atoms with Crippen LogP contribution in [-0.2, 0) is 12.8 Å². The second-order valence-electron chi connectivity index (χ2n) is 9.03. The van der Waals surface area contributed by atoms with Gasteiger partial charge in [0.15, 0.2) is 0 Å². The number of nitrogens with one attached hydrogen (secondary N) is 1. The Morgan fingerprint density at radius 2 is 2.03 bits per heavy atom. The van der Waals surface area contributed by atoms with Gasteiger partial charge in [-0.15, -0.1) is 11.3 Å². The largest absolute Gasteiger partial charge is 0.422 e. The Hall–Kier alpha value is -2.25. The molecular formula is C23H21BrN2O3S. The molecule has 0 aliphatic heterocycles. The van der Waals surface area contributed by atoms with Crippen molar-refractivity contribution in [1.29, 1.82) is 0 Å². The van der Waals surface area contributed by atoms with E-state index in [0.717, 1.165) is 34.7 Å². The highest BCUT2D eigenvalue weighted by Gasteiger charge is 2.31. The van der Waals surface area contributed by atoms with E-state index in [1.165, 1.54) is 4.88 Å². The van der Waals surface area contributed by atoms with E-state index in [4.69, 9.17) is 4.42 Å². The average molecular weight is 485 g/mol. The zero-order valence-corrected chi connectivity index (χ0v) is 19.4. The molecule has 30 heavy (non-hydrogen) atoms. The van der Waals surface area contributed by atoms with E-state index in [-0.39, 0.29) is 22.4 Å². The molecule has 0 saturated carbocycles. The highest BCUT2D eigenvalue weighted by atomic mass is 79.9. The lowest BCUT2D eigenvalue weighted by molar-refractivity contribution is 0.218. The summed E-state index contributed by atoms with van der Waals surface area (Å²) in [5.41, 5.74) is 1.42. The molecule has 154 valence electrons. The molecule has 0 spiro atoms. The highest BCUT2D eigenvalue weighted by Crippen LogP contribution is 2.42. The van der Waals surface area contributed by atoms with E-state index >= 15 is 0 Å². The minimum absolute atomic E-state index is 0.185. The summed E-state index contributed by atoms with van der Waals surface area (Å²) in [4.78, 5) is 35.0. The van der Waals surface area contributed by atoms with Crippen molar-refractivity contribution >= 4 is 48.5 Å². The van der Waals surface area contributed by atoms with Gasteiger partial charge in [-0.1, -0.05) is 36.7 Å². The summed E-state index contributed by atoms with van der Waals surface area (Å²) >= 11 is 5.02. The molecule has 0 bridgehead atoms. The van der Waals surface area contributed by atoms with E-state index in [2.05, 4.69) is 46.7 Å². The van der Waals surface area contributed by atoms with Crippen molar-refractivity contribution in [2.45, 2.75) is 40.0 Å². The monoisotopic (exact) mass is 484 g/mol. The van der Waals surface area contributed by atoms with Crippen LogP contribution in [0.1, 0.15) is 37.6 Å². The minimum Gasteiger partial charge on any atom is -0.422 e. The van der Waals surface area contributed by atoms with Crippen molar-refractivity contribution < 1.29 is 4.42 Å². The van der Waals surface area contributed by atoms with Crippen LogP contribution in [0.3, 0.4) is 0 Å². The summed E-state index contributed by atoms with van der Waals surface area (Å²) in [7, 11) is 0.